The van der Waals surface area contributed by atoms with Gasteiger partial charge in [0.2, 0.25) is 0 Å². The van der Waals surface area contributed by atoms with Crippen LogP contribution in [0.5, 0.6) is 0 Å². The second-order valence-corrected chi connectivity index (χ2v) is 5.23. The van der Waals surface area contributed by atoms with Crippen molar-refractivity contribution in [2.45, 2.75) is 6.92 Å². The summed E-state index contributed by atoms with van der Waals surface area (Å²) in [6.45, 7) is 1.84. The number of hydrogen-bond acceptors (Lipinski definition) is 5. The summed E-state index contributed by atoms with van der Waals surface area (Å²) < 4.78 is 0. The summed E-state index contributed by atoms with van der Waals surface area (Å²) in [5.41, 5.74) is 1.41. The van der Waals surface area contributed by atoms with Crippen molar-refractivity contribution in [1.29, 1.82) is 0 Å². The molecule has 0 bridgehead atoms. The molecule has 3 rings (SSSR count). The number of hydrogen-bond donors (Lipinski definition) is 0. The molecule has 0 N–H and O–H groups in total. The number of hydroxylamine groups is 2. The molecule has 100 valence electrons. The molecule has 2 aromatic rings. The Morgan fingerprint density at radius 3 is 2.25 bits per heavy atom. The summed E-state index contributed by atoms with van der Waals surface area (Å²) in [6.07, 6.45) is 0. The fourth-order valence-electron chi connectivity index (χ4n) is 1.92. The van der Waals surface area contributed by atoms with Gasteiger partial charge in [0.25, 0.3) is 11.8 Å². The molecule has 20 heavy (non-hydrogen) atoms. The van der Waals surface area contributed by atoms with Gasteiger partial charge in [0.15, 0.2) is 0 Å². The molecule has 5 nitrogen and oxygen atoms in total. The van der Waals surface area contributed by atoms with Crippen LogP contribution in [0.1, 0.15) is 36.0 Å². The third-order valence-corrected chi connectivity index (χ3v) is 3.89. The van der Waals surface area contributed by atoms with E-state index >= 15 is 0 Å². The third-order valence-electron chi connectivity index (χ3n) is 2.86. The van der Waals surface area contributed by atoms with Crippen molar-refractivity contribution in [3.63, 3.8) is 0 Å². The summed E-state index contributed by atoms with van der Waals surface area (Å²) in [7, 11) is 0. The molecule has 0 aliphatic carbocycles. The van der Waals surface area contributed by atoms with Gasteiger partial charge in [-0.25, -0.2) is 4.79 Å². The highest BCUT2D eigenvalue weighted by Gasteiger charge is 2.38. The average Bonchev–Trinajstić information content (AvgIpc) is 2.98. The molecule has 6 heteroatoms. The topological polar surface area (TPSA) is 63.7 Å². The summed E-state index contributed by atoms with van der Waals surface area (Å²) >= 11 is 1.20. The molecule has 0 saturated carbocycles. The Balaban J connectivity index is 1.85. The number of carbonyl (C=O) groups is 3. The molecule has 1 aliphatic rings. The van der Waals surface area contributed by atoms with Gasteiger partial charge in [0.05, 0.1) is 11.1 Å². The molecule has 1 aliphatic heterocycles. The molecular formula is C14H9NO4S. The Kier molecular flexibility index (Phi) is 2.87. The van der Waals surface area contributed by atoms with Crippen molar-refractivity contribution in [2.24, 2.45) is 0 Å². The predicted molar refractivity (Wildman–Crippen MR) is 71.4 cm³/mol. The Morgan fingerprint density at radius 2 is 1.75 bits per heavy atom. The van der Waals surface area contributed by atoms with Crippen LogP contribution in [0.15, 0.2) is 35.7 Å². The first-order chi connectivity index (χ1) is 9.58. The second kappa shape index (κ2) is 4.57. The second-order valence-electron chi connectivity index (χ2n) is 4.32. The zero-order valence-corrected chi connectivity index (χ0v) is 11.3. The highest BCUT2D eigenvalue weighted by molar-refractivity contribution is 7.12. The fraction of sp³-hybridized carbons (Fsp3) is 0.0714. The first-order valence-electron chi connectivity index (χ1n) is 5.83. The number of carbonyl (C=O) groups excluding carboxylic acids is 3. The van der Waals surface area contributed by atoms with Gasteiger partial charge in [-0.3, -0.25) is 9.59 Å². The lowest BCUT2D eigenvalue weighted by Crippen LogP contribution is -2.32. The van der Waals surface area contributed by atoms with E-state index in [9.17, 15) is 14.4 Å². The van der Waals surface area contributed by atoms with Gasteiger partial charge in [0, 0.05) is 0 Å². The van der Waals surface area contributed by atoms with Crippen molar-refractivity contribution in [1.82, 2.24) is 5.06 Å². The molecule has 0 atom stereocenters. The SMILES string of the molecule is Cc1csc(C(=O)ON2C(=O)c3ccccc3C2=O)c1. The minimum absolute atomic E-state index is 0.243. The van der Waals surface area contributed by atoms with Crippen molar-refractivity contribution < 1.29 is 19.2 Å². The maximum atomic E-state index is 12.0. The van der Waals surface area contributed by atoms with Gasteiger partial charge in [-0.1, -0.05) is 17.2 Å². The van der Waals surface area contributed by atoms with Crippen LogP contribution in [-0.4, -0.2) is 22.8 Å². The molecule has 0 unspecified atom stereocenters. The van der Waals surface area contributed by atoms with Crippen molar-refractivity contribution in [2.75, 3.05) is 0 Å². The van der Waals surface area contributed by atoms with E-state index < -0.39 is 17.8 Å². The van der Waals surface area contributed by atoms with E-state index in [0.29, 0.717) is 9.94 Å². The summed E-state index contributed by atoms with van der Waals surface area (Å²) in [5.74, 6) is -1.95. The van der Waals surface area contributed by atoms with Crippen LogP contribution in [0.3, 0.4) is 0 Å². The summed E-state index contributed by atoms with van der Waals surface area (Å²) in [4.78, 5) is 41.2. The van der Waals surface area contributed by atoms with Gasteiger partial charge in [-0.05, 0) is 36.1 Å². The number of benzene rings is 1. The average molecular weight is 287 g/mol. The highest BCUT2D eigenvalue weighted by atomic mass is 32.1. The van der Waals surface area contributed by atoms with E-state index in [2.05, 4.69) is 0 Å². The maximum absolute atomic E-state index is 12.0. The van der Waals surface area contributed by atoms with Crippen LogP contribution in [0.2, 0.25) is 0 Å². The molecule has 2 amide bonds. The van der Waals surface area contributed by atoms with Crippen molar-refractivity contribution in [3.8, 4) is 0 Å². The zero-order chi connectivity index (χ0) is 14.3. The maximum Gasteiger partial charge on any atom is 0.373 e. The smallest absolute Gasteiger partial charge is 0.323 e. The first-order valence-corrected chi connectivity index (χ1v) is 6.71. The van der Waals surface area contributed by atoms with E-state index in [1.807, 2.05) is 6.92 Å². The number of aryl methyl sites for hydroxylation is 1. The van der Waals surface area contributed by atoms with Crippen LogP contribution in [0.4, 0.5) is 0 Å². The number of rotatable bonds is 2. The quantitative estimate of drug-likeness (QED) is 0.796. The van der Waals surface area contributed by atoms with Gasteiger partial charge in [-0.2, -0.15) is 0 Å². The number of nitrogens with zero attached hydrogens (tertiary/aromatic N) is 1. The van der Waals surface area contributed by atoms with Crippen LogP contribution in [0.25, 0.3) is 0 Å². The van der Waals surface area contributed by atoms with E-state index in [1.54, 1.807) is 23.6 Å². The lowest BCUT2D eigenvalue weighted by molar-refractivity contribution is -0.0581. The van der Waals surface area contributed by atoms with Gasteiger partial charge in [-0.15, -0.1) is 11.3 Å². The number of thiophene rings is 1. The lowest BCUT2D eigenvalue weighted by atomic mass is 10.1. The van der Waals surface area contributed by atoms with Crippen LogP contribution < -0.4 is 0 Å². The van der Waals surface area contributed by atoms with E-state index in [0.717, 1.165) is 5.56 Å². The Labute approximate surface area is 118 Å². The zero-order valence-electron chi connectivity index (χ0n) is 10.5. The normalized spacial score (nSPS) is 13.6. The number of amides is 2. The fourth-order valence-corrected chi connectivity index (χ4v) is 2.68. The van der Waals surface area contributed by atoms with Crippen molar-refractivity contribution >= 4 is 29.1 Å². The third kappa shape index (κ3) is 1.90. The van der Waals surface area contributed by atoms with E-state index in [-0.39, 0.29) is 11.1 Å². The van der Waals surface area contributed by atoms with Crippen LogP contribution in [0, 0.1) is 6.92 Å². The Hall–Kier alpha value is -2.47. The van der Waals surface area contributed by atoms with E-state index in [4.69, 9.17) is 4.84 Å². The molecule has 0 spiro atoms. The minimum Gasteiger partial charge on any atom is -0.323 e. The molecule has 2 heterocycles. The predicted octanol–water partition coefficient (Wildman–Crippen LogP) is 2.42. The van der Waals surface area contributed by atoms with Gasteiger partial charge < -0.3 is 4.84 Å². The molecule has 1 aromatic heterocycles. The molecule has 0 radical (unpaired) electrons. The van der Waals surface area contributed by atoms with Gasteiger partial charge >= 0.3 is 5.97 Å². The summed E-state index contributed by atoms with van der Waals surface area (Å²) in [5, 5.41) is 2.31. The molecular weight excluding hydrogens is 278 g/mol. The standard InChI is InChI=1S/C14H9NO4S/c1-8-6-11(20-7-8)14(18)19-15-12(16)9-4-2-3-5-10(9)13(15)17/h2-7H,1H3. The largest absolute Gasteiger partial charge is 0.373 e. The number of fused-ring (bicyclic) bond motifs is 1. The lowest BCUT2D eigenvalue weighted by Gasteiger charge is -2.11. The minimum atomic E-state index is -0.711. The van der Waals surface area contributed by atoms with Crippen LogP contribution in [-0.2, 0) is 4.84 Å². The summed E-state index contributed by atoms with van der Waals surface area (Å²) in [6, 6.07) is 8.00. The Morgan fingerprint density at radius 1 is 1.15 bits per heavy atom. The van der Waals surface area contributed by atoms with E-state index in [1.165, 1.54) is 23.5 Å². The first kappa shape index (κ1) is 12.6. The molecule has 1 aromatic carbocycles. The monoisotopic (exact) mass is 287 g/mol. The highest BCUT2D eigenvalue weighted by Crippen LogP contribution is 2.24. The molecule has 0 saturated heterocycles. The van der Waals surface area contributed by atoms with Crippen LogP contribution >= 0.6 is 11.3 Å². The van der Waals surface area contributed by atoms with Gasteiger partial charge in [0.1, 0.15) is 4.88 Å². The Bertz CT molecular complexity index is 699. The van der Waals surface area contributed by atoms with Crippen molar-refractivity contribution in [3.05, 3.63) is 57.3 Å². The molecule has 0 fully saturated rings. The number of imide groups is 1.